The summed E-state index contributed by atoms with van der Waals surface area (Å²) in [5.41, 5.74) is 1.47. The van der Waals surface area contributed by atoms with E-state index >= 15 is 0 Å². The molecule has 0 aliphatic carbocycles. The number of rotatable bonds is 5. The number of hydrogen-bond acceptors (Lipinski definition) is 5. The monoisotopic (exact) mass is 357 g/mol. The van der Waals surface area contributed by atoms with Crippen molar-refractivity contribution in [1.29, 1.82) is 0 Å². The normalized spacial score (nSPS) is 16.8. The lowest BCUT2D eigenvalue weighted by Crippen LogP contribution is -2.34. The predicted octanol–water partition coefficient (Wildman–Crippen LogP) is 0.681. The van der Waals surface area contributed by atoms with Gasteiger partial charge in [-0.1, -0.05) is 13.8 Å². The maximum absolute atomic E-state index is 13.0. The van der Waals surface area contributed by atoms with Crippen LogP contribution in [0.25, 0.3) is 0 Å². The summed E-state index contributed by atoms with van der Waals surface area (Å²) in [4.78, 5) is 30.8. The zero-order valence-electron chi connectivity index (χ0n) is 14.9. The topological polar surface area (TPSA) is 100 Å². The Hall–Kier alpha value is -2.74. The average molecular weight is 357 g/mol. The Morgan fingerprint density at radius 1 is 1.42 bits per heavy atom. The summed E-state index contributed by atoms with van der Waals surface area (Å²) in [5.74, 6) is -0.289. The van der Waals surface area contributed by atoms with Crippen LogP contribution in [0, 0.1) is 5.92 Å². The molecule has 0 bridgehead atoms. The molecule has 3 rings (SSSR count). The van der Waals surface area contributed by atoms with Crippen molar-refractivity contribution in [2.75, 3.05) is 13.1 Å². The molecule has 26 heavy (non-hydrogen) atoms. The minimum Gasteiger partial charge on any atom is -0.389 e. The summed E-state index contributed by atoms with van der Waals surface area (Å²) in [5, 5.41) is 16.7. The van der Waals surface area contributed by atoms with Crippen LogP contribution in [0.4, 0.5) is 0 Å². The van der Waals surface area contributed by atoms with E-state index in [4.69, 9.17) is 0 Å². The van der Waals surface area contributed by atoms with Crippen molar-refractivity contribution in [1.82, 2.24) is 25.0 Å². The molecule has 1 atom stereocenters. The highest BCUT2D eigenvalue weighted by Crippen LogP contribution is 2.14. The van der Waals surface area contributed by atoms with Crippen LogP contribution in [0.1, 0.15) is 40.4 Å². The highest BCUT2D eigenvalue weighted by molar-refractivity contribution is 5.98. The van der Waals surface area contributed by atoms with Crippen LogP contribution >= 0.6 is 0 Å². The van der Waals surface area contributed by atoms with Gasteiger partial charge in [-0.15, -0.1) is 0 Å². The first-order valence-corrected chi connectivity index (χ1v) is 8.66. The highest BCUT2D eigenvalue weighted by atomic mass is 16.3. The molecule has 2 aromatic rings. The zero-order valence-corrected chi connectivity index (χ0v) is 14.9. The van der Waals surface area contributed by atoms with E-state index in [-0.39, 0.29) is 36.5 Å². The molecule has 1 unspecified atom stereocenters. The quantitative estimate of drug-likeness (QED) is 0.820. The third-order valence-electron chi connectivity index (χ3n) is 4.11. The fraction of sp³-hybridized carbons (Fsp3) is 0.444. The molecule has 138 valence electrons. The Balaban J connectivity index is 1.86. The number of carbonyl (C=O) groups is 2. The Morgan fingerprint density at radius 2 is 2.15 bits per heavy atom. The first-order chi connectivity index (χ1) is 12.4. The number of amides is 2. The average Bonchev–Trinajstić information content (AvgIpc) is 2.97. The molecule has 0 saturated carbocycles. The summed E-state index contributed by atoms with van der Waals surface area (Å²) in [6.45, 7) is 5.44. The van der Waals surface area contributed by atoms with Gasteiger partial charge < -0.3 is 15.3 Å². The molecule has 0 radical (unpaired) electrons. The van der Waals surface area contributed by atoms with Gasteiger partial charge in [-0.05, 0) is 23.6 Å². The van der Waals surface area contributed by atoms with Gasteiger partial charge in [0.15, 0.2) is 5.69 Å². The molecule has 1 aliphatic rings. The lowest BCUT2D eigenvalue weighted by molar-refractivity contribution is 0.0714. The number of aliphatic hydroxyl groups excluding tert-OH is 1. The van der Waals surface area contributed by atoms with Crippen LogP contribution < -0.4 is 5.32 Å². The van der Waals surface area contributed by atoms with Crippen molar-refractivity contribution >= 4 is 11.8 Å². The minimum atomic E-state index is -0.730. The van der Waals surface area contributed by atoms with Crippen molar-refractivity contribution in [2.24, 2.45) is 5.92 Å². The maximum atomic E-state index is 13.0. The van der Waals surface area contributed by atoms with E-state index in [0.717, 1.165) is 5.56 Å². The number of fused-ring (bicyclic) bond motifs is 1. The van der Waals surface area contributed by atoms with Gasteiger partial charge in [0, 0.05) is 38.1 Å². The van der Waals surface area contributed by atoms with Crippen molar-refractivity contribution in [3.63, 3.8) is 0 Å². The molecule has 0 spiro atoms. The molecule has 3 heterocycles. The number of pyridine rings is 1. The summed E-state index contributed by atoms with van der Waals surface area (Å²) < 4.78 is 1.40. The molecule has 2 N–H and O–H groups in total. The molecule has 2 amide bonds. The predicted molar refractivity (Wildman–Crippen MR) is 94.4 cm³/mol. The number of aliphatic hydroxyl groups is 1. The second-order valence-electron chi connectivity index (χ2n) is 6.90. The molecule has 2 aromatic heterocycles. The van der Waals surface area contributed by atoms with E-state index in [9.17, 15) is 14.7 Å². The van der Waals surface area contributed by atoms with Crippen LogP contribution in [0.5, 0.6) is 0 Å². The van der Waals surface area contributed by atoms with Crippen LogP contribution in [0.15, 0.2) is 30.6 Å². The third-order valence-corrected chi connectivity index (χ3v) is 4.11. The lowest BCUT2D eigenvalue weighted by atomic mass is 10.1. The molecular weight excluding hydrogens is 334 g/mol. The number of aromatic nitrogens is 3. The zero-order chi connectivity index (χ0) is 18.7. The number of β-amino-alcohol motifs (C(OH)–C–C–N with tert-alkyl or cyclic N) is 1. The molecular formula is C18H23N5O3. The number of nitrogens with zero attached hydrogens (tertiary/aromatic N) is 4. The SMILES string of the molecule is CC(C)CN(Cc1ccncc1)C(=O)c1cc2n(n1)CC(O)CNC2=O. The van der Waals surface area contributed by atoms with E-state index in [1.807, 2.05) is 26.0 Å². The number of carbonyl (C=O) groups excluding carboxylic acids is 2. The van der Waals surface area contributed by atoms with Crippen molar-refractivity contribution in [3.05, 3.63) is 47.5 Å². The number of hydrogen-bond donors (Lipinski definition) is 2. The first-order valence-electron chi connectivity index (χ1n) is 8.66. The van der Waals surface area contributed by atoms with Crippen molar-refractivity contribution < 1.29 is 14.7 Å². The van der Waals surface area contributed by atoms with Crippen molar-refractivity contribution in [2.45, 2.75) is 33.0 Å². The van der Waals surface area contributed by atoms with Gasteiger partial charge in [-0.3, -0.25) is 19.3 Å². The first kappa shape index (κ1) is 18.1. The Bertz CT molecular complexity index is 787. The maximum Gasteiger partial charge on any atom is 0.274 e. The third kappa shape index (κ3) is 4.08. The molecule has 1 aliphatic heterocycles. The molecule has 8 heteroatoms. The summed E-state index contributed by atoms with van der Waals surface area (Å²) in [6, 6.07) is 5.23. The summed E-state index contributed by atoms with van der Waals surface area (Å²) in [7, 11) is 0. The van der Waals surface area contributed by atoms with E-state index in [1.165, 1.54) is 10.7 Å². The van der Waals surface area contributed by atoms with Gasteiger partial charge in [-0.25, -0.2) is 0 Å². The van der Waals surface area contributed by atoms with Crippen molar-refractivity contribution in [3.8, 4) is 0 Å². The highest BCUT2D eigenvalue weighted by Gasteiger charge is 2.26. The van der Waals surface area contributed by atoms with Crippen LogP contribution in [-0.4, -0.2) is 55.8 Å². The van der Waals surface area contributed by atoms with Crippen LogP contribution in [-0.2, 0) is 13.1 Å². The fourth-order valence-electron chi connectivity index (χ4n) is 2.94. The summed E-state index contributed by atoms with van der Waals surface area (Å²) in [6.07, 6.45) is 2.65. The second kappa shape index (κ2) is 7.65. The van der Waals surface area contributed by atoms with Crippen LogP contribution in [0.3, 0.4) is 0 Å². The minimum absolute atomic E-state index is 0.174. The summed E-state index contributed by atoms with van der Waals surface area (Å²) >= 11 is 0. The molecule has 0 saturated heterocycles. The van der Waals surface area contributed by atoms with E-state index in [0.29, 0.717) is 18.8 Å². The standard InChI is InChI=1S/C18H23N5O3/c1-12(2)9-22(10-13-3-5-19-6-4-13)18(26)15-7-16-17(25)20-8-14(24)11-23(16)21-15/h3-7,12,14,24H,8-11H2,1-2H3,(H,20,25). The van der Waals surface area contributed by atoms with E-state index < -0.39 is 6.10 Å². The van der Waals surface area contributed by atoms with E-state index in [2.05, 4.69) is 15.4 Å². The van der Waals surface area contributed by atoms with Gasteiger partial charge in [0.2, 0.25) is 0 Å². The largest absolute Gasteiger partial charge is 0.389 e. The smallest absolute Gasteiger partial charge is 0.274 e. The van der Waals surface area contributed by atoms with Gasteiger partial charge in [0.05, 0.1) is 12.6 Å². The van der Waals surface area contributed by atoms with E-state index in [1.54, 1.807) is 17.3 Å². The van der Waals surface area contributed by atoms with Gasteiger partial charge in [0.25, 0.3) is 11.8 Å². The number of nitrogens with one attached hydrogen (secondary N) is 1. The molecule has 0 aromatic carbocycles. The van der Waals surface area contributed by atoms with Gasteiger partial charge >= 0.3 is 0 Å². The fourth-order valence-corrected chi connectivity index (χ4v) is 2.94. The van der Waals surface area contributed by atoms with Crippen LogP contribution in [0.2, 0.25) is 0 Å². The second-order valence-corrected chi connectivity index (χ2v) is 6.90. The lowest BCUT2D eigenvalue weighted by Gasteiger charge is -2.24. The Labute approximate surface area is 151 Å². The molecule has 8 nitrogen and oxygen atoms in total. The Morgan fingerprint density at radius 3 is 2.85 bits per heavy atom. The molecule has 0 fully saturated rings. The van der Waals surface area contributed by atoms with Gasteiger partial charge in [0.1, 0.15) is 5.69 Å². The Kier molecular flexibility index (Phi) is 5.32. The van der Waals surface area contributed by atoms with Gasteiger partial charge in [-0.2, -0.15) is 5.10 Å².